The fourth-order valence-corrected chi connectivity index (χ4v) is 3.03. The number of hydrogen-bond acceptors (Lipinski definition) is 2. The third-order valence-electron chi connectivity index (χ3n) is 3.89. The Bertz CT molecular complexity index is 925. The van der Waals surface area contributed by atoms with Crippen molar-refractivity contribution < 1.29 is 4.39 Å². The van der Waals surface area contributed by atoms with Gasteiger partial charge in [-0.1, -0.05) is 42.8 Å². The smallest absolute Gasteiger partial charge is 0.175 e. The molecule has 0 saturated heterocycles. The average molecular weight is 389 g/mol. The molecule has 0 spiro atoms. The molecule has 3 rings (SSSR count). The van der Waals surface area contributed by atoms with E-state index in [9.17, 15) is 4.39 Å². The lowest BCUT2D eigenvalue weighted by molar-refractivity contribution is 0.624. The second-order valence-electron chi connectivity index (χ2n) is 5.75. The number of rotatable bonds is 5. The topological polar surface area (TPSA) is 41.9 Å². The number of benzene rings is 2. The number of para-hydroxylation sites is 1. The van der Waals surface area contributed by atoms with Gasteiger partial charge in [-0.05, 0) is 48.0 Å². The van der Waals surface area contributed by atoms with Gasteiger partial charge in [0.15, 0.2) is 5.11 Å². The standard InChI is InChI=1S/C19H18ClFN4S/c1-2-13-5-3-4-6-18(13)24-19(26)23-16-10-22-25(12-16)11-14-7-8-15(21)9-17(14)20/h3-10,12H,2,11H2,1H3,(H2,23,24,26). The summed E-state index contributed by atoms with van der Waals surface area (Å²) in [5.41, 5.74) is 3.73. The first-order valence-electron chi connectivity index (χ1n) is 8.17. The molecule has 0 aliphatic rings. The number of aryl methyl sites for hydroxylation is 1. The Balaban J connectivity index is 1.63. The highest BCUT2D eigenvalue weighted by molar-refractivity contribution is 7.80. The maximum Gasteiger partial charge on any atom is 0.175 e. The van der Waals surface area contributed by atoms with Crippen LogP contribution < -0.4 is 10.6 Å². The van der Waals surface area contributed by atoms with Gasteiger partial charge in [0.25, 0.3) is 0 Å². The van der Waals surface area contributed by atoms with E-state index in [2.05, 4.69) is 28.7 Å². The number of anilines is 2. The fourth-order valence-electron chi connectivity index (χ4n) is 2.57. The number of thiocarbonyl (C=S) groups is 1. The first-order valence-corrected chi connectivity index (χ1v) is 8.96. The van der Waals surface area contributed by atoms with E-state index in [1.54, 1.807) is 16.9 Å². The summed E-state index contributed by atoms with van der Waals surface area (Å²) >= 11 is 11.4. The molecule has 0 aliphatic heterocycles. The average Bonchev–Trinajstić information content (AvgIpc) is 3.04. The first kappa shape index (κ1) is 18.4. The molecule has 0 bridgehead atoms. The summed E-state index contributed by atoms with van der Waals surface area (Å²) in [4.78, 5) is 0. The van der Waals surface area contributed by atoms with Crippen molar-refractivity contribution in [2.75, 3.05) is 10.6 Å². The lowest BCUT2D eigenvalue weighted by Crippen LogP contribution is -2.19. The van der Waals surface area contributed by atoms with Crippen LogP contribution in [0.3, 0.4) is 0 Å². The number of halogens is 2. The summed E-state index contributed by atoms with van der Waals surface area (Å²) in [6.07, 6.45) is 4.42. The van der Waals surface area contributed by atoms with Crippen molar-refractivity contribution in [2.24, 2.45) is 0 Å². The molecule has 1 heterocycles. The molecule has 0 fully saturated rings. The van der Waals surface area contributed by atoms with Crippen molar-refractivity contribution in [3.8, 4) is 0 Å². The molecule has 0 saturated carbocycles. The molecule has 0 aliphatic carbocycles. The Labute approximate surface area is 162 Å². The fraction of sp³-hybridized carbons (Fsp3) is 0.158. The Morgan fingerprint density at radius 1 is 1.19 bits per heavy atom. The summed E-state index contributed by atoms with van der Waals surface area (Å²) in [6.45, 7) is 2.54. The highest BCUT2D eigenvalue weighted by atomic mass is 35.5. The van der Waals surface area contributed by atoms with Crippen LogP contribution >= 0.6 is 23.8 Å². The van der Waals surface area contributed by atoms with Crippen LogP contribution in [0.5, 0.6) is 0 Å². The maximum atomic E-state index is 13.1. The van der Waals surface area contributed by atoms with Crippen molar-refractivity contribution >= 4 is 40.3 Å². The Kier molecular flexibility index (Phi) is 5.85. The Hall–Kier alpha value is -2.44. The van der Waals surface area contributed by atoms with E-state index in [4.69, 9.17) is 23.8 Å². The molecule has 2 aromatic carbocycles. The second-order valence-corrected chi connectivity index (χ2v) is 6.57. The molecular formula is C19H18ClFN4S. The minimum absolute atomic E-state index is 0.356. The van der Waals surface area contributed by atoms with Gasteiger partial charge in [0.1, 0.15) is 5.82 Å². The summed E-state index contributed by atoms with van der Waals surface area (Å²) in [5, 5.41) is 11.5. The van der Waals surface area contributed by atoms with Gasteiger partial charge in [0.05, 0.1) is 18.4 Å². The van der Waals surface area contributed by atoms with Gasteiger partial charge in [-0.3, -0.25) is 4.68 Å². The normalized spacial score (nSPS) is 10.6. The molecule has 3 aromatic rings. The quantitative estimate of drug-likeness (QED) is 0.597. The Morgan fingerprint density at radius 2 is 2.00 bits per heavy atom. The van der Waals surface area contributed by atoms with Gasteiger partial charge in [-0.25, -0.2) is 4.39 Å². The van der Waals surface area contributed by atoms with Crippen LogP contribution in [0, 0.1) is 5.82 Å². The molecule has 1 aromatic heterocycles. The largest absolute Gasteiger partial charge is 0.332 e. The minimum atomic E-state index is -0.356. The SMILES string of the molecule is CCc1ccccc1NC(=S)Nc1cnn(Cc2ccc(F)cc2Cl)c1. The monoisotopic (exact) mass is 388 g/mol. The number of nitrogens with zero attached hydrogens (tertiary/aromatic N) is 2. The van der Waals surface area contributed by atoms with Crippen molar-refractivity contribution in [2.45, 2.75) is 19.9 Å². The molecule has 134 valence electrons. The number of hydrogen-bond donors (Lipinski definition) is 2. The third kappa shape index (κ3) is 4.59. The molecular weight excluding hydrogens is 371 g/mol. The highest BCUT2D eigenvalue weighted by Crippen LogP contribution is 2.19. The van der Waals surface area contributed by atoms with E-state index in [1.807, 2.05) is 24.4 Å². The summed E-state index contributed by atoms with van der Waals surface area (Å²) in [5.74, 6) is -0.356. The predicted molar refractivity (Wildman–Crippen MR) is 108 cm³/mol. The molecule has 26 heavy (non-hydrogen) atoms. The van der Waals surface area contributed by atoms with E-state index in [0.29, 0.717) is 16.7 Å². The minimum Gasteiger partial charge on any atom is -0.332 e. The predicted octanol–water partition coefficient (Wildman–Crippen LogP) is 5.10. The van der Waals surface area contributed by atoms with Gasteiger partial charge in [0.2, 0.25) is 0 Å². The van der Waals surface area contributed by atoms with E-state index >= 15 is 0 Å². The van der Waals surface area contributed by atoms with Crippen LogP contribution in [0.4, 0.5) is 15.8 Å². The van der Waals surface area contributed by atoms with Gasteiger partial charge < -0.3 is 10.6 Å². The first-order chi connectivity index (χ1) is 12.5. The third-order valence-corrected chi connectivity index (χ3v) is 4.44. The highest BCUT2D eigenvalue weighted by Gasteiger charge is 2.07. The van der Waals surface area contributed by atoms with E-state index in [-0.39, 0.29) is 5.82 Å². The van der Waals surface area contributed by atoms with E-state index in [0.717, 1.165) is 23.4 Å². The lowest BCUT2D eigenvalue weighted by Gasteiger charge is -2.12. The van der Waals surface area contributed by atoms with Crippen LogP contribution in [0.15, 0.2) is 54.9 Å². The van der Waals surface area contributed by atoms with Gasteiger partial charge >= 0.3 is 0 Å². The molecule has 0 amide bonds. The lowest BCUT2D eigenvalue weighted by atomic mass is 10.1. The van der Waals surface area contributed by atoms with E-state index < -0.39 is 0 Å². The van der Waals surface area contributed by atoms with Crippen LogP contribution in [0.2, 0.25) is 5.02 Å². The Morgan fingerprint density at radius 3 is 2.77 bits per heavy atom. The van der Waals surface area contributed by atoms with Crippen molar-refractivity contribution in [3.63, 3.8) is 0 Å². The van der Waals surface area contributed by atoms with Crippen molar-refractivity contribution in [3.05, 3.63) is 76.8 Å². The summed E-state index contributed by atoms with van der Waals surface area (Å²) in [7, 11) is 0. The molecule has 0 radical (unpaired) electrons. The van der Waals surface area contributed by atoms with Crippen LogP contribution in [0.1, 0.15) is 18.1 Å². The molecule has 7 heteroatoms. The van der Waals surface area contributed by atoms with Crippen LogP contribution in [-0.4, -0.2) is 14.9 Å². The van der Waals surface area contributed by atoms with E-state index in [1.165, 1.54) is 17.7 Å². The zero-order valence-corrected chi connectivity index (χ0v) is 15.7. The number of nitrogens with one attached hydrogen (secondary N) is 2. The second kappa shape index (κ2) is 8.29. The molecule has 0 atom stereocenters. The molecule has 2 N–H and O–H groups in total. The zero-order chi connectivity index (χ0) is 18.5. The van der Waals surface area contributed by atoms with Gasteiger partial charge in [0, 0.05) is 16.9 Å². The zero-order valence-electron chi connectivity index (χ0n) is 14.2. The maximum absolute atomic E-state index is 13.1. The summed E-state index contributed by atoms with van der Waals surface area (Å²) < 4.78 is 14.8. The van der Waals surface area contributed by atoms with Crippen LogP contribution in [0.25, 0.3) is 0 Å². The van der Waals surface area contributed by atoms with Crippen molar-refractivity contribution in [1.29, 1.82) is 0 Å². The van der Waals surface area contributed by atoms with Crippen LogP contribution in [-0.2, 0) is 13.0 Å². The summed E-state index contributed by atoms with van der Waals surface area (Å²) in [6, 6.07) is 12.4. The molecule has 4 nitrogen and oxygen atoms in total. The molecule has 0 unspecified atom stereocenters. The number of aromatic nitrogens is 2. The van der Waals surface area contributed by atoms with Crippen molar-refractivity contribution in [1.82, 2.24) is 9.78 Å². The van der Waals surface area contributed by atoms with Gasteiger partial charge in [-0.2, -0.15) is 5.10 Å². The van der Waals surface area contributed by atoms with Gasteiger partial charge in [-0.15, -0.1) is 0 Å².